The van der Waals surface area contributed by atoms with Crippen molar-refractivity contribution in [2.24, 2.45) is 5.73 Å². The van der Waals surface area contributed by atoms with E-state index < -0.39 is 5.82 Å². The van der Waals surface area contributed by atoms with Crippen LogP contribution in [-0.2, 0) is 6.42 Å². The zero-order chi connectivity index (χ0) is 9.42. The summed E-state index contributed by atoms with van der Waals surface area (Å²) in [6, 6.07) is 2.80. The molecule has 0 saturated heterocycles. The van der Waals surface area contributed by atoms with Gasteiger partial charge in [0, 0.05) is 6.04 Å². The van der Waals surface area contributed by atoms with Crippen molar-refractivity contribution in [3.8, 4) is 5.75 Å². The number of phenolic OH excluding ortho intramolecular Hbond substituents is 1. The van der Waals surface area contributed by atoms with Crippen molar-refractivity contribution in [2.75, 3.05) is 0 Å². The fraction of sp³-hybridized carbons (Fsp3) is 0.400. The van der Waals surface area contributed by atoms with Gasteiger partial charge in [-0.15, -0.1) is 0 Å². The summed E-state index contributed by atoms with van der Waals surface area (Å²) < 4.78 is 12.9. The molecule has 1 aliphatic carbocycles. The predicted octanol–water partition coefficient (Wildman–Crippen LogP) is 1.87. The van der Waals surface area contributed by atoms with Gasteiger partial charge in [0.1, 0.15) is 0 Å². The standard InChI is InChI=1S/C10H12FNO/c11-8-4-6-2-1-3-9(12)7(6)5-10(8)13/h4-5,9,13H,1-3,12H2/t9-/m1/s1. The van der Waals surface area contributed by atoms with Gasteiger partial charge < -0.3 is 10.8 Å². The van der Waals surface area contributed by atoms with Crippen LogP contribution in [-0.4, -0.2) is 5.11 Å². The van der Waals surface area contributed by atoms with Gasteiger partial charge >= 0.3 is 0 Å². The topological polar surface area (TPSA) is 46.2 Å². The van der Waals surface area contributed by atoms with Crippen LogP contribution in [0.15, 0.2) is 12.1 Å². The van der Waals surface area contributed by atoms with Crippen LogP contribution in [0, 0.1) is 5.82 Å². The molecule has 1 aliphatic rings. The molecule has 0 spiro atoms. The second-order valence-corrected chi connectivity index (χ2v) is 3.50. The summed E-state index contributed by atoms with van der Waals surface area (Å²) in [5.74, 6) is -0.844. The van der Waals surface area contributed by atoms with Gasteiger partial charge in [-0.25, -0.2) is 4.39 Å². The van der Waals surface area contributed by atoms with Gasteiger partial charge in [0.05, 0.1) is 0 Å². The Balaban J connectivity index is 2.52. The SMILES string of the molecule is N[C@@H]1CCCc2cc(F)c(O)cc21. The second-order valence-electron chi connectivity index (χ2n) is 3.50. The maximum Gasteiger partial charge on any atom is 0.165 e. The Morgan fingerprint density at radius 2 is 2.23 bits per heavy atom. The van der Waals surface area contributed by atoms with E-state index in [9.17, 15) is 4.39 Å². The highest BCUT2D eigenvalue weighted by Gasteiger charge is 2.18. The molecule has 0 radical (unpaired) electrons. The molecular weight excluding hydrogens is 169 g/mol. The molecule has 13 heavy (non-hydrogen) atoms. The van der Waals surface area contributed by atoms with Gasteiger partial charge in [-0.2, -0.15) is 0 Å². The molecule has 0 heterocycles. The summed E-state index contributed by atoms with van der Waals surface area (Å²) in [7, 11) is 0. The fourth-order valence-corrected chi connectivity index (χ4v) is 1.85. The highest BCUT2D eigenvalue weighted by molar-refractivity contribution is 5.39. The quantitative estimate of drug-likeness (QED) is 0.641. The normalized spacial score (nSPS) is 21.2. The van der Waals surface area contributed by atoms with Gasteiger partial charge in [0.25, 0.3) is 0 Å². The zero-order valence-electron chi connectivity index (χ0n) is 7.26. The van der Waals surface area contributed by atoms with Crippen LogP contribution in [0.3, 0.4) is 0 Å². The van der Waals surface area contributed by atoms with Crippen molar-refractivity contribution in [1.82, 2.24) is 0 Å². The van der Waals surface area contributed by atoms with Crippen LogP contribution in [0.25, 0.3) is 0 Å². The van der Waals surface area contributed by atoms with E-state index in [1.165, 1.54) is 12.1 Å². The molecule has 0 aliphatic heterocycles. The lowest BCUT2D eigenvalue weighted by molar-refractivity contribution is 0.427. The minimum Gasteiger partial charge on any atom is -0.505 e. The van der Waals surface area contributed by atoms with Crippen molar-refractivity contribution in [2.45, 2.75) is 25.3 Å². The Hall–Kier alpha value is -1.09. The number of halogens is 1. The number of nitrogens with two attached hydrogens (primary N) is 1. The molecule has 70 valence electrons. The molecule has 0 bridgehead atoms. The number of phenols is 1. The minimum absolute atomic E-state index is 0.0461. The molecule has 1 aromatic carbocycles. The molecule has 1 aromatic rings. The van der Waals surface area contributed by atoms with Crippen LogP contribution in [0.2, 0.25) is 0 Å². The van der Waals surface area contributed by atoms with E-state index in [1.807, 2.05) is 0 Å². The largest absolute Gasteiger partial charge is 0.505 e. The molecule has 3 N–H and O–H groups in total. The summed E-state index contributed by atoms with van der Waals surface area (Å²) in [5.41, 5.74) is 7.66. The van der Waals surface area contributed by atoms with E-state index >= 15 is 0 Å². The first-order valence-electron chi connectivity index (χ1n) is 4.45. The molecule has 0 saturated carbocycles. The summed E-state index contributed by atoms with van der Waals surface area (Å²) in [6.45, 7) is 0. The Kier molecular flexibility index (Phi) is 1.96. The third-order valence-electron chi connectivity index (χ3n) is 2.57. The monoisotopic (exact) mass is 181 g/mol. The number of hydrogen-bond acceptors (Lipinski definition) is 2. The average Bonchev–Trinajstić information content (AvgIpc) is 2.09. The molecular formula is C10H12FNO. The molecule has 1 atom stereocenters. The third kappa shape index (κ3) is 1.40. The fourth-order valence-electron chi connectivity index (χ4n) is 1.85. The van der Waals surface area contributed by atoms with Gasteiger partial charge in [-0.3, -0.25) is 0 Å². The first-order valence-corrected chi connectivity index (χ1v) is 4.45. The van der Waals surface area contributed by atoms with Crippen LogP contribution in [0.5, 0.6) is 5.75 Å². The minimum atomic E-state index is -0.548. The number of benzene rings is 1. The molecule has 0 aromatic heterocycles. The average molecular weight is 181 g/mol. The number of aryl methyl sites for hydroxylation is 1. The first-order chi connectivity index (χ1) is 6.18. The molecule has 3 heteroatoms. The molecule has 2 nitrogen and oxygen atoms in total. The maximum absolute atomic E-state index is 12.9. The Morgan fingerprint density at radius 1 is 1.46 bits per heavy atom. The van der Waals surface area contributed by atoms with E-state index in [0.29, 0.717) is 0 Å². The van der Waals surface area contributed by atoms with E-state index in [0.717, 1.165) is 30.4 Å². The third-order valence-corrected chi connectivity index (χ3v) is 2.57. The lowest BCUT2D eigenvalue weighted by Crippen LogP contribution is -2.17. The van der Waals surface area contributed by atoms with Gasteiger partial charge in [-0.1, -0.05) is 0 Å². The van der Waals surface area contributed by atoms with Crippen LogP contribution < -0.4 is 5.73 Å². The number of hydrogen-bond donors (Lipinski definition) is 2. The smallest absolute Gasteiger partial charge is 0.165 e. The van der Waals surface area contributed by atoms with E-state index in [-0.39, 0.29) is 11.8 Å². The Morgan fingerprint density at radius 3 is 3.00 bits per heavy atom. The maximum atomic E-state index is 12.9. The Labute approximate surface area is 76.2 Å². The van der Waals surface area contributed by atoms with E-state index in [1.54, 1.807) is 0 Å². The highest BCUT2D eigenvalue weighted by Crippen LogP contribution is 2.31. The summed E-state index contributed by atoms with van der Waals surface area (Å²) in [4.78, 5) is 0. The lowest BCUT2D eigenvalue weighted by Gasteiger charge is -2.22. The number of rotatable bonds is 0. The summed E-state index contributed by atoms with van der Waals surface area (Å²) >= 11 is 0. The Bertz CT molecular complexity index is 338. The highest BCUT2D eigenvalue weighted by atomic mass is 19.1. The predicted molar refractivity (Wildman–Crippen MR) is 47.9 cm³/mol. The van der Waals surface area contributed by atoms with E-state index in [4.69, 9.17) is 10.8 Å². The van der Waals surface area contributed by atoms with Crippen molar-refractivity contribution >= 4 is 0 Å². The van der Waals surface area contributed by atoms with Crippen LogP contribution in [0.1, 0.15) is 30.0 Å². The zero-order valence-corrected chi connectivity index (χ0v) is 7.26. The lowest BCUT2D eigenvalue weighted by atomic mass is 9.88. The first kappa shape index (κ1) is 8.51. The van der Waals surface area contributed by atoms with Crippen molar-refractivity contribution in [3.05, 3.63) is 29.1 Å². The number of fused-ring (bicyclic) bond motifs is 1. The molecule has 0 unspecified atom stereocenters. The van der Waals surface area contributed by atoms with Crippen molar-refractivity contribution in [1.29, 1.82) is 0 Å². The molecule has 0 amide bonds. The number of aromatic hydroxyl groups is 1. The van der Waals surface area contributed by atoms with Crippen LogP contribution in [0.4, 0.5) is 4.39 Å². The molecule has 0 fully saturated rings. The van der Waals surface area contributed by atoms with Gasteiger partial charge in [-0.05, 0) is 42.5 Å². The van der Waals surface area contributed by atoms with Gasteiger partial charge in [0.2, 0.25) is 0 Å². The van der Waals surface area contributed by atoms with Gasteiger partial charge in [0.15, 0.2) is 11.6 Å². The summed E-state index contributed by atoms with van der Waals surface area (Å²) in [6.07, 6.45) is 2.77. The second kappa shape index (κ2) is 3.00. The molecule has 2 rings (SSSR count). The van der Waals surface area contributed by atoms with Crippen molar-refractivity contribution in [3.63, 3.8) is 0 Å². The van der Waals surface area contributed by atoms with Crippen molar-refractivity contribution < 1.29 is 9.50 Å². The summed E-state index contributed by atoms with van der Waals surface area (Å²) in [5, 5.41) is 9.16. The van der Waals surface area contributed by atoms with E-state index in [2.05, 4.69) is 0 Å². The van der Waals surface area contributed by atoms with Crippen LogP contribution >= 0.6 is 0 Å².